The lowest BCUT2D eigenvalue weighted by atomic mass is 10.1. The fourth-order valence-corrected chi connectivity index (χ4v) is 2.37. The van der Waals surface area contributed by atoms with Gasteiger partial charge in [-0.3, -0.25) is 0 Å². The van der Waals surface area contributed by atoms with Crippen molar-refractivity contribution in [3.63, 3.8) is 0 Å². The smallest absolute Gasteiger partial charge is 0.0270 e. The lowest BCUT2D eigenvalue weighted by Crippen LogP contribution is -2.28. The summed E-state index contributed by atoms with van der Waals surface area (Å²) >= 11 is 7.21. The number of alkyl halides is 2. The molecule has 0 radical (unpaired) electrons. The van der Waals surface area contributed by atoms with Crippen LogP contribution in [0.25, 0.3) is 0 Å². The quantitative estimate of drug-likeness (QED) is 0.391. The van der Waals surface area contributed by atoms with Crippen molar-refractivity contribution in [1.82, 2.24) is 5.32 Å². The first kappa shape index (κ1) is 16.8. The first-order chi connectivity index (χ1) is 7.70. The van der Waals surface area contributed by atoms with Crippen molar-refractivity contribution in [2.24, 2.45) is 11.5 Å². The van der Waals surface area contributed by atoms with E-state index in [0.717, 1.165) is 19.6 Å². The second kappa shape index (κ2) is 12.3. The van der Waals surface area contributed by atoms with Crippen LogP contribution >= 0.6 is 31.9 Å². The summed E-state index contributed by atoms with van der Waals surface area (Å²) in [6.07, 6.45) is 6.26. The van der Waals surface area contributed by atoms with Crippen molar-refractivity contribution >= 4 is 31.9 Å². The van der Waals surface area contributed by atoms with E-state index in [-0.39, 0.29) is 0 Å². The molecule has 0 aliphatic heterocycles. The Morgan fingerprint density at radius 3 is 2.12 bits per heavy atom. The van der Waals surface area contributed by atoms with Gasteiger partial charge in [-0.2, -0.15) is 0 Å². The molecule has 0 saturated heterocycles. The van der Waals surface area contributed by atoms with Crippen molar-refractivity contribution in [3.8, 4) is 0 Å². The summed E-state index contributed by atoms with van der Waals surface area (Å²) in [5, 5.41) is 3.31. The van der Waals surface area contributed by atoms with Crippen LogP contribution in [0.3, 0.4) is 0 Å². The second-order valence-electron chi connectivity index (χ2n) is 4.06. The molecule has 0 aromatic carbocycles. The number of nitrogens with one attached hydrogen (secondary N) is 1. The summed E-state index contributed by atoms with van der Waals surface area (Å²) in [4.78, 5) is 1.08. The molecular weight excluding hydrogens is 334 g/mol. The SMILES string of the molecule is NCCNCC(Br)CCCCCC(Br)CN. The van der Waals surface area contributed by atoms with Gasteiger partial charge < -0.3 is 16.8 Å². The monoisotopic (exact) mass is 357 g/mol. The number of unbranched alkanes of at least 4 members (excludes halogenated alkanes) is 2. The van der Waals surface area contributed by atoms with Gasteiger partial charge in [-0.15, -0.1) is 0 Å². The lowest BCUT2D eigenvalue weighted by Gasteiger charge is -2.11. The van der Waals surface area contributed by atoms with E-state index < -0.39 is 0 Å². The average molecular weight is 359 g/mol. The molecule has 0 bridgehead atoms. The van der Waals surface area contributed by atoms with Crippen molar-refractivity contribution in [3.05, 3.63) is 0 Å². The minimum atomic E-state index is 0.499. The zero-order valence-electron chi connectivity index (χ0n) is 9.93. The maximum Gasteiger partial charge on any atom is 0.0270 e. The van der Waals surface area contributed by atoms with Gasteiger partial charge in [-0.25, -0.2) is 0 Å². The summed E-state index contributed by atoms with van der Waals surface area (Å²) in [6.45, 7) is 3.38. The van der Waals surface area contributed by atoms with E-state index >= 15 is 0 Å². The van der Waals surface area contributed by atoms with Crippen LogP contribution in [0.2, 0.25) is 0 Å². The van der Waals surface area contributed by atoms with Crippen LogP contribution in [0.5, 0.6) is 0 Å². The first-order valence-corrected chi connectivity index (χ1v) is 7.92. The molecule has 3 nitrogen and oxygen atoms in total. The van der Waals surface area contributed by atoms with E-state index in [1.165, 1.54) is 32.1 Å². The van der Waals surface area contributed by atoms with Crippen LogP contribution < -0.4 is 16.8 Å². The molecule has 2 unspecified atom stereocenters. The minimum absolute atomic E-state index is 0.499. The van der Waals surface area contributed by atoms with E-state index in [0.29, 0.717) is 16.2 Å². The summed E-state index contributed by atoms with van der Waals surface area (Å²) in [5.41, 5.74) is 10.9. The molecule has 0 fully saturated rings. The van der Waals surface area contributed by atoms with Gasteiger partial charge in [-0.05, 0) is 12.8 Å². The maximum atomic E-state index is 5.53. The van der Waals surface area contributed by atoms with Crippen molar-refractivity contribution in [2.45, 2.75) is 41.8 Å². The van der Waals surface area contributed by atoms with Crippen molar-refractivity contribution < 1.29 is 0 Å². The third kappa shape index (κ3) is 11.3. The average Bonchev–Trinajstić information content (AvgIpc) is 2.28. The van der Waals surface area contributed by atoms with Gasteiger partial charge in [-0.1, -0.05) is 51.1 Å². The molecule has 2 atom stereocenters. The van der Waals surface area contributed by atoms with Gasteiger partial charge in [0.2, 0.25) is 0 Å². The van der Waals surface area contributed by atoms with E-state index in [9.17, 15) is 0 Å². The standard InChI is InChI=1S/C11H25Br2N3/c12-10(8-15)4-2-1-3-5-11(13)9-16-7-6-14/h10-11,16H,1-9,14-15H2. The molecule has 0 spiro atoms. The van der Waals surface area contributed by atoms with Crippen LogP contribution in [0.1, 0.15) is 32.1 Å². The molecule has 0 aromatic heterocycles. The third-order valence-corrected chi connectivity index (χ3v) is 4.09. The fraction of sp³-hybridized carbons (Fsp3) is 1.00. The number of hydrogen-bond donors (Lipinski definition) is 3. The molecule has 0 saturated carbocycles. The van der Waals surface area contributed by atoms with Crippen LogP contribution in [-0.2, 0) is 0 Å². The Bertz CT molecular complexity index is 147. The van der Waals surface area contributed by atoms with Gasteiger partial charge in [0, 0.05) is 35.8 Å². The number of hydrogen-bond acceptors (Lipinski definition) is 3. The van der Waals surface area contributed by atoms with Gasteiger partial charge in [0.1, 0.15) is 0 Å². The molecule has 0 rings (SSSR count). The fourth-order valence-electron chi connectivity index (χ4n) is 1.49. The molecule has 16 heavy (non-hydrogen) atoms. The zero-order chi connectivity index (χ0) is 12.2. The second-order valence-corrected chi connectivity index (χ2v) is 6.65. The maximum absolute atomic E-state index is 5.53. The molecule has 0 aliphatic carbocycles. The predicted molar refractivity (Wildman–Crippen MR) is 79.5 cm³/mol. The summed E-state index contributed by atoms with van der Waals surface area (Å²) < 4.78 is 0. The topological polar surface area (TPSA) is 64.1 Å². The van der Waals surface area contributed by atoms with Crippen molar-refractivity contribution in [1.29, 1.82) is 0 Å². The minimum Gasteiger partial charge on any atom is -0.329 e. The molecule has 0 amide bonds. The number of rotatable bonds is 11. The first-order valence-electron chi connectivity index (χ1n) is 6.09. The van der Waals surface area contributed by atoms with E-state index in [1.54, 1.807) is 0 Å². The number of nitrogens with two attached hydrogens (primary N) is 2. The van der Waals surface area contributed by atoms with Crippen LogP contribution in [0, 0.1) is 0 Å². The Balaban J connectivity index is 3.17. The highest BCUT2D eigenvalue weighted by Gasteiger charge is 2.04. The normalized spacial score (nSPS) is 15.0. The summed E-state index contributed by atoms with van der Waals surface area (Å²) in [7, 11) is 0. The van der Waals surface area contributed by atoms with Crippen LogP contribution in [0.4, 0.5) is 0 Å². The Labute approximate surface area is 116 Å². The molecule has 0 aliphatic rings. The highest BCUT2D eigenvalue weighted by atomic mass is 79.9. The van der Waals surface area contributed by atoms with Crippen LogP contribution in [0.15, 0.2) is 0 Å². The Morgan fingerprint density at radius 1 is 0.938 bits per heavy atom. The van der Waals surface area contributed by atoms with E-state index in [4.69, 9.17) is 11.5 Å². The largest absolute Gasteiger partial charge is 0.329 e. The van der Waals surface area contributed by atoms with E-state index in [1.807, 2.05) is 0 Å². The predicted octanol–water partition coefficient (Wildman–Crippen LogP) is 1.97. The molecule has 0 heterocycles. The lowest BCUT2D eigenvalue weighted by molar-refractivity contribution is 0.577. The summed E-state index contributed by atoms with van der Waals surface area (Å²) in [5.74, 6) is 0. The highest BCUT2D eigenvalue weighted by molar-refractivity contribution is 9.09. The molecule has 0 aromatic rings. The van der Waals surface area contributed by atoms with Gasteiger partial charge in [0.15, 0.2) is 0 Å². The van der Waals surface area contributed by atoms with Crippen LogP contribution in [-0.4, -0.2) is 35.8 Å². The Hall–Kier alpha value is 0.840. The summed E-state index contributed by atoms with van der Waals surface area (Å²) in [6, 6.07) is 0. The zero-order valence-corrected chi connectivity index (χ0v) is 13.1. The van der Waals surface area contributed by atoms with Gasteiger partial charge >= 0.3 is 0 Å². The Kier molecular flexibility index (Phi) is 12.9. The Morgan fingerprint density at radius 2 is 1.56 bits per heavy atom. The van der Waals surface area contributed by atoms with Crippen molar-refractivity contribution in [2.75, 3.05) is 26.2 Å². The van der Waals surface area contributed by atoms with Gasteiger partial charge in [0.05, 0.1) is 0 Å². The third-order valence-electron chi connectivity index (χ3n) is 2.48. The molecule has 5 N–H and O–H groups in total. The van der Waals surface area contributed by atoms with Gasteiger partial charge in [0.25, 0.3) is 0 Å². The molecule has 98 valence electrons. The van der Waals surface area contributed by atoms with E-state index in [2.05, 4.69) is 37.2 Å². The molecule has 5 heteroatoms. The highest BCUT2D eigenvalue weighted by Crippen LogP contribution is 2.14. The molecular formula is C11H25Br2N3. The number of halogens is 2.